The van der Waals surface area contributed by atoms with Gasteiger partial charge in [0.1, 0.15) is 5.82 Å². The van der Waals surface area contributed by atoms with Crippen molar-refractivity contribution in [2.24, 2.45) is 0 Å². The minimum absolute atomic E-state index is 0. The molecule has 2 N–H and O–H groups in total. The van der Waals surface area contributed by atoms with Crippen LogP contribution in [0.25, 0.3) is 5.73 Å². The Morgan fingerprint density at radius 1 is 0.946 bits per heavy atom. The van der Waals surface area contributed by atoms with Gasteiger partial charge in [-0.15, -0.1) is 6.54 Å². The van der Waals surface area contributed by atoms with Gasteiger partial charge in [-0.1, -0.05) is 87.7 Å². The van der Waals surface area contributed by atoms with E-state index in [1.807, 2.05) is 48.5 Å². The van der Waals surface area contributed by atoms with E-state index in [4.69, 9.17) is 18.5 Å². The van der Waals surface area contributed by atoms with Crippen LogP contribution < -0.4 is 0 Å². The van der Waals surface area contributed by atoms with Crippen molar-refractivity contribution in [3.8, 4) is 0 Å². The number of β-amino-alcohol motifs (C(OH)–C–C–N with tert-alkyl or cyclic N) is 1. The van der Waals surface area contributed by atoms with Crippen molar-refractivity contribution in [1.82, 2.24) is 9.21 Å². The van der Waals surface area contributed by atoms with Gasteiger partial charge < -0.3 is 28.0 Å². The first-order valence-corrected chi connectivity index (χ1v) is 13.0. The van der Waals surface area contributed by atoms with Crippen molar-refractivity contribution in [3.63, 3.8) is 0 Å². The number of nitrogens with zero attached hydrogens (tertiary/aromatic N) is 2. The van der Waals surface area contributed by atoms with Crippen molar-refractivity contribution in [1.29, 1.82) is 0 Å². The van der Waals surface area contributed by atoms with E-state index in [9.17, 15) is 9.50 Å². The predicted molar refractivity (Wildman–Crippen MR) is 154 cm³/mol. The van der Waals surface area contributed by atoms with Crippen LogP contribution in [0.2, 0.25) is 0 Å². The van der Waals surface area contributed by atoms with E-state index in [0.29, 0.717) is 6.54 Å². The van der Waals surface area contributed by atoms with Crippen LogP contribution in [0.1, 0.15) is 38.7 Å². The van der Waals surface area contributed by atoms with Crippen LogP contribution >= 0.6 is 0 Å². The number of aliphatic hydroxyl groups is 1. The molecule has 37 heavy (non-hydrogen) atoms. The van der Waals surface area contributed by atoms with Crippen LogP contribution in [-0.2, 0) is 52.1 Å². The summed E-state index contributed by atoms with van der Waals surface area (Å²) in [7, 11) is 0. The Hall–Kier alpha value is -1.12. The van der Waals surface area contributed by atoms with Crippen LogP contribution in [0.4, 0.5) is 4.39 Å². The number of hydrogen-bond acceptors (Lipinski definition) is 4. The third kappa shape index (κ3) is 14.6. The second kappa shape index (κ2) is 20.8. The van der Waals surface area contributed by atoms with E-state index in [1.54, 1.807) is 18.2 Å². The molecular weight excluding hydrogens is 558 g/mol. The van der Waals surface area contributed by atoms with Gasteiger partial charge in [-0.25, -0.2) is 4.39 Å². The number of nitrogens with one attached hydrogen (secondary N) is 1. The molecule has 2 aliphatic heterocycles. The molecule has 1 unspecified atom stereocenters. The third-order valence-corrected chi connectivity index (χ3v) is 6.25. The minimum Gasteiger partial charge on any atom is -0.702 e. The molecule has 4 rings (SSSR count). The zero-order valence-corrected chi connectivity index (χ0v) is 26.1. The molecule has 2 aliphatic rings. The maximum atomic E-state index is 11.9. The van der Waals surface area contributed by atoms with E-state index in [0.717, 1.165) is 45.4 Å². The monoisotopic (exact) mass is 600 g/mol. The van der Waals surface area contributed by atoms with Gasteiger partial charge in [0.2, 0.25) is 0 Å². The summed E-state index contributed by atoms with van der Waals surface area (Å²) in [5.74, 6) is -0.178. The molecule has 1 atom stereocenters. The van der Waals surface area contributed by atoms with Gasteiger partial charge in [-0.2, -0.15) is 0 Å². The third-order valence-electron chi connectivity index (χ3n) is 5.89. The average molecular weight is 601 g/mol. The molecule has 0 amide bonds. The summed E-state index contributed by atoms with van der Waals surface area (Å²) in [6.07, 6.45) is 6.59. The van der Waals surface area contributed by atoms with Gasteiger partial charge in [-0.3, -0.25) is 4.90 Å². The van der Waals surface area contributed by atoms with Crippen LogP contribution in [-0.4, -0.2) is 52.6 Å². The molecule has 1 radical (unpaired) electrons. The van der Waals surface area contributed by atoms with E-state index < -0.39 is 5.60 Å². The first kappa shape index (κ1) is 35.9. The van der Waals surface area contributed by atoms with Gasteiger partial charge in [0, 0.05) is 52.3 Å². The molecule has 0 saturated carbocycles. The van der Waals surface area contributed by atoms with Gasteiger partial charge in [0.25, 0.3) is 0 Å². The summed E-state index contributed by atoms with van der Waals surface area (Å²) in [4.78, 5) is 2.21. The molecule has 2 heterocycles. The summed E-state index contributed by atoms with van der Waals surface area (Å²) in [6, 6.07) is 18.2. The molecule has 4 nitrogen and oxygen atoms in total. The van der Waals surface area contributed by atoms with Crippen LogP contribution in [0, 0.1) is 5.82 Å². The van der Waals surface area contributed by atoms with E-state index in [-0.39, 0.29) is 45.1 Å². The predicted octanol–water partition coefficient (Wildman–Crippen LogP) is 6.74. The zero-order chi connectivity index (χ0) is 26.8. The molecule has 1 saturated heterocycles. The topological polar surface area (TPSA) is 50.5 Å². The van der Waals surface area contributed by atoms with Gasteiger partial charge in [-0.05, 0) is 61.2 Å². The maximum absolute atomic E-state index is 11.9. The van der Waals surface area contributed by atoms with Gasteiger partial charge >= 0.3 is 0 Å². The molecule has 2 aromatic carbocycles. The molecule has 0 aromatic heterocycles. The summed E-state index contributed by atoms with van der Waals surface area (Å²) in [6.45, 7) is 16.0. The zero-order valence-electron chi connectivity index (χ0n) is 22.4. The number of benzene rings is 2. The molecule has 0 aliphatic carbocycles. The first-order chi connectivity index (χ1) is 17.4. The van der Waals surface area contributed by atoms with Crippen LogP contribution in [0.15, 0.2) is 97.1 Å². The fraction of sp³-hybridized carbons (Fsp3) is 0.400. The number of allylic oxidation sites excluding steroid dienone is 2. The first-order valence-electron chi connectivity index (χ1n) is 12.6. The van der Waals surface area contributed by atoms with Gasteiger partial charge in [0.05, 0.1) is 5.60 Å². The molecule has 1 fully saturated rings. The smallest absolute Gasteiger partial charge is 0.123 e. The fourth-order valence-electron chi connectivity index (χ4n) is 3.87. The molecule has 0 bridgehead atoms. The Morgan fingerprint density at radius 3 is 1.81 bits per heavy atom. The van der Waals surface area contributed by atoms with E-state index >= 15 is 0 Å². The van der Waals surface area contributed by atoms with Crippen molar-refractivity contribution in [2.45, 2.75) is 45.3 Å². The largest absolute Gasteiger partial charge is 0.702 e. The summed E-state index contributed by atoms with van der Waals surface area (Å²) in [5.41, 5.74) is 10.4. The summed E-state index contributed by atoms with van der Waals surface area (Å²) < 4.78 is 13.8. The molecule has 201 valence electrons. The molecule has 7 heteroatoms. The summed E-state index contributed by atoms with van der Waals surface area (Å²) >= 11 is 5.12. The van der Waals surface area contributed by atoms with Crippen molar-refractivity contribution in [2.75, 3.05) is 32.7 Å². The van der Waals surface area contributed by atoms with Crippen molar-refractivity contribution >= 4 is 12.8 Å². The molecule has 2 aromatic rings. The van der Waals surface area contributed by atoms with Crippen molar-refractivity contribution in [3.05, 3.63) is 114 Å². The maximum Gasteiger partial charge on any atom is 0.123 e. The van der Waals surface area contributed by atoms with Crippen LogP contribution in [0.3, 0.4) is 0 Å². The average Bonchev–Trinajstić information content (AvgIpc) is 3.18. The fourth-order valence-corrected chi connectivity index (χ4v) is 4.05. The summed E-state index contributed by atoms with van der Waals surface area (Å²) in [5, 5.41) is 9.92. The van der Waals surface area contributed by atoms with E-state index in [1.165, 1.54) is 28.8 Å². The Labute approximate surface area is 254 Å². The Kier molecular flexibility index (Phi) is 20.2. The number of rotatable bonds is 5. The second-order valence-electron chi connectivity index (χ2n) is 8.53. The van der Waals surface area contributed by atoms with Crippen LogP contribution in [0.5, 0.6) is 0 Å². The normalized spacial score (nSPS) is 19.4. The number of likely N-dealkylation sites (tertiary alicyclic amines) is 1. The minimum atomic E-state index is -0.769. The second-order valence-corrected chi connectivity index (χ2v) is 9.05. The molecule has 0 spiro atoms. The SMILES string of the molecule is C=CC1=C(C=C)CCN([S-])CC1.CC.Fc1ccccc1.[NH-]CC1(O)CCN(Cc2ccccc2)C1.[Y]. The Morgan fingerprint density at radius 2 is 1.43 bits per heavy atom. The Balaban J connectivity index is 0.000000529. The Bertz CT molecular complexity index is 892. The quantitative estimate of drug-likeness (QED) is 0.387. The van der Waals surface area contributed by atoms with Gasteiger partial charge in [0.15, 0.2) is 0 Å². The standard InChI is InChI=1S/C12H17N2O.C10H14NS.C6H5F.C2H6.Y/c13-9-12(15)6-7-14(10-12)8-11-4-2-1-3-5-11;1-3-9-5-7-11(12)8-6-10(9)4-2;7-6-4-2-1-3-5-6;1-2;/h1-5,13,15H,6-10H2;3-4H,1-2,5-8H2;1-5H;1-2H3;/q2*-1;;;. The van der Waals surface area contributed by atoms with E-state index in [2.05, 4.69) is 30.2 Å². The van der Waals surface area contributed by atoms with Crippen molar-refractivity contribution < 1.29 is 42.2 Å². The number of hydrogen-bond donors (Lipinski definition) is 1. The molecular formula is C30H42FN3OSY-2. The number of halogens is 1.